The fourth-order valence-corrected chi connectivity index (χ4v) is 3.09. The molecule has 0 bridgehead atoms. The number of amides is 1. The van der Waals surface area contributed by atoms with E-state index in [1.807, 2.05) is 30.3 Å². The number of benzene rings is 2. The van der Waals surface area contributed by atoms with Crippen LogP contribution in [0, 0.1) is 0 Å². The number of nitrogens with zero attached hydrogens (tertiary/aromatic N) is 2. The summed E-state index contributed by atoms with van der Waals surface area (Å²) >= 11 is 0. The molecule has 3 rings (SSSR count). The maximum atomic E-state index is 12.1. The number of aromatic nitrogens is 2. The lowest BCUT2D eigenvalue weighted by Gasteiger charge is -2.13. The molecule has 1 aromatic heterocycles. The molecule has 1 amide bonds. The minimum absolute atomic E-state index is 0.0546. The van der Waals surface area contributed by atoms with Crippen LogP contribution in [0.5, 0.6) is 11.5 Å². The Morgan fingerprint density at radius 3 is 2.56 bits per heavy atom. The van der Waals surface area contributed by atoms with Gasteiger partial charge in [0.15, 0.2) is 18.1 Å². The van der Waals surface area contributed by atoms with E-state index in [4.69, 9.17) is 14.5 Å². The molecule has 0 aliphatic heterocycles. The summed E-state index contributed by atoms with van der Waals surface area (Å²) in [5, 5.41) is 2.89. The van der Waals surface area contributed by atoms with E-state index in [2.05, 4.69) is 29.8 Å². The van der Waals surface area contributed by atoms with Gasteiger partial charge in [0.1, 0.15) is 5.82 Å². The first-order chi connectivity index (χ1) is 13.1. The second-order valence-corrected chi connectivity index (χ2v) is 6.52. The molecule has 0 unspecified atom stereocenters. The number of methoxy groups -OCH3 is 1. The van der Waals surface area contributed by atoms with Gasteiger partial charge in [-0.1, -0.05) is 24.3 Å². The van der Waals surface area contributed by atoms with Crippen molar-refractivity contribution in [2.75, 3.05) is 20.3 Å². The maximum Gasteiger partial charge on any atom is 0.257 e. The SMILES string of the molecule is COc1ccccc1OCC(=O)NCCc1nc2ccccc2n1C(C)C. The van der Waals surface area contributed by atoms with Crippen LogP contribution in [0.4, 0.5) is 0 Å². The molecule has 0 radical (unpaired) electrons. The van der Waals surface area contributed by atoms with Gasteiger partial charge in [0.05, 0.1) is 18.1 Å². The smallest absolute Gasteiger partial charge is 0.257 e. The summed E-state index contributed by atoms with van der Waals surface area (Å²) in [6.45, 7) is 4.72. The number of ether oxygens (including phenoxy) is 2. The van der Waals surface area contributed by atoms with Crippen molar-refractivity contribution < 1.29 is 14.3 Å². The number of para-hydroxylation sites is 4. The third kappa shape index (κ3) is 4.39. The van der Waals surface area contributed by atoms with Crippen molar-refractivity contribution in [3.05, 3.63) is 54.4 Å². The van der Waals surface area contributed by atoms with E-state index in [0.717, 1.165) is 16.9 Å². The second kappa shape index (κ2) is 8.58. The molecular weight excluding hydrogens is 342 g/mol. The van der Waals surface area contributed by atoms with Crippen molar-refractivity contribution in [3.63, 3.8) is 0 Å². The summed E-state index contributed by atoms with van der Waals surface area (Å²) in [5.41, 5.74) is 2.10. The zero-order valence-electron chi connectivity index (χ0n) is 15.9. The van der Waals surface area contributed by atoms with Crippen LogP contribution >= 0.6 is 0 Å². The summed E-state index contributed by atoms with van der Waals surface area (Å²) in [4.78, 5) is 16.8. The second-order valence-electron chi connectivity index (χ2n) is 6.52. The van der Waals surface area contributed by atoms with Crippen LogP contribution in [0.25, 0.3) is 11.0 Å². The van der Waals surface area contributed by atoms with Crippen LogP contribution in [0.15, 0.2) is 48.5 Å². The highest BCUT2D eigenvalue weighted by Crippen LogP contribution is 2.25. The first kappa shape index (κ1) is 18.8. The zero-order chi connectivity index (χ0) is 19.2. The van der Waals surface area contributed by atoms with Gasteiger partial charge in [0.2, 0.25) is 0 Å². The van der Waals surface area contributed by atoms with E-state index < -0.39 is 0 Å². The van der Waals surface area contributed by atoms with E-state index in [1.165, 1.54) is 0 Å². The molecule has 27 heavy (non-hydrogen) atoms. The van der Waals surface area contributed by atoms with E-state index in [0.29, 0.717) is 30.5 Å². The van der Waals surface area contributed by atoms with Crippen LogP contribution in [0.3, 0.4) is 0 Å². The van der Waals surface area contributed by atoms with Crippen LogP contribution in [0.2, 0.25) is 0 Å². The van der Waals surface area contributed by atoms with Crippen LogP contribution < -0.4 is 14.8 Å². The van der Waals surface area contributed by atoms with E-state index in [1.54, 1.807) is 19.2 Å². The van der Waals surface area contributed by atoms with Gasteiger partial charge in [0, 0.05) is 19.0 Å². The summed E-state index contributed by atoms with van der Waals surface area (Å²) in [7, 11) is 1.57. The van der Waals surface area contributed by atoms with E-state index >= 15 is 0 Å². The van der Waals surface area contributed by atoms with Gasteiger partial charge >= 0.3 is 0 Å². The molecule has 1 heterocycles. The molecule has 0 aliphatic rings. The molecule has 0 spiro atoms. The zero-order valence-corrected chi connectivity index (χ0v) is 15.9. The minimum atomic E-state index is -0.173. The highest BCUT2D eigenvalue weighted by molar-refractivity contribution is 5.78. The lowest BCUT2D eigenvalue weighted by molar-refractivity contribution is -0.123. The van der Waals surface area contributed by atoms with Crippen LogP contribution in [-0.4, -0.2) is 35.7 Å². The van der Waals surface area contributed by atoms with Gasteiger partial charge in [-0.15, -0.1) is 0 Å². The Balaban J connectivity index is 1.56. The minimum Gasteiger partial charge on any atom is -0.493 e. The van der Waals surface area contributed by atoms with Gasteiger partial charge in [-0.25, -0.2) is 4.98 Å². The molecule has 142 valence electrons. The van der Waals surface area contributed by atoms with Crippen molar-refractivity contribution in [2.24, 2.45) is 0 Å². The standard InChI is InChI=1S/C21H25N3O3/c1-15(2)24-17-9-5-4-8-16(17)23-20(24)12-13-22-21(25)14-27-19-11-7-6-10-18(19)26-3/h4-11,15H,12-14H2,1-3H3,(H,22,25). The highest BCUT2D eigenvalue weighted by Gasteiger charge is 2.13. The average Bonchev–Trinajstić information content (AvgIpc) is 3.05. The molecular formula is C21H25N3O3. The molecule has 0 fully saturated rings. The Labute approximate surface area is 159 Å². The maximum absolute atomic E-state index is 12.1. The Hall–Kier alpha value is -3.02. The Kier molecular flexibility index (Phi) is 5.96. The predicted molar refractivity (Wildman–Crippen MR) is 105 cm³/mol. The summed E-state index contributed by atoms with van der Waals surface area (Å²) < 4.78 is 13.0. The molecule has 0 saturated heterocycles. The molecule has 3 aromatic rings. The summed E-state index contributed by atoms with van der Waals surface area (Å²) in [5.74, 6) is 1.96. The summed E-state index contributed by atoms with van der Waals surface area (Å²) in [6.07, 6.45) is 0.660. The molecule has 0 saturated carbocycles. The van der Waals surface area contributed by atoms with Gasteiger partial charge in [-0.05, 0) is 38.1 Å². The Morgan fingerprint density at radius 2 is 1.81 bits per heavy atom. The number of carbonyl (C=O) groups is 1. The first-order valence-electron chi connectivity index (χ1n) is 9.08. The lowest BCUT2D eigenvalue weighted by Crippen LogP contribution is -2.31. The number of hydrogen-bond acceptors (Lipinski definition) is 4. The Morgan fingerprint density at radius 1 is 1.11 bits per heavy atom. The van der Waals surface area contributed by atoms with Crippen molar-refractivity contribution in [2.45, 2.75) is 26.3 Å². The third-order valence-corrected chi connectivity index (χ3v) is 4.28. The molecule has 0 atom stereocenters. The molecule has 0 aliphatic carbocycles. The van der Waals surface area contributed by atoms with Gasteiger partial charge in [-0.2, -0.15) is 0 Å². The van der Waals surface area contributed by atoms with E-state index in [9.17, 15) is 4.79 Å². The van der Waals surface area contributed by atoms with Gasteiger partial charge in [-0.3, -0.25) is 4.79 Å². The largest absolute Gasteiger partial charge is 0.493 e. The number of imidazole rings is 1. The quantitative estimate of drug-likeness (QED) is 0.663. The average molecular weight is 367 g/mol. The molecule has 2 aromatic carbocycles. The highest BCUT2D eigenvalue weighted by atomic mass is 16.5. The van der Waals surface area contributed by atoms with Gasteiger partial charge < -0.3 is 19.4 Å². The van der Waals surface area contributed by atoms with Crippen LogP contribution in [0.1, 0.15) is 25.7 Å². The first-order valence-corrected chi connectivity index (χ1v) is 9.08. The number of hydrogen-bond donors (Lipinski definition) is 1. The normalized spacial score (nSPS) is 11.0. The monoisotopic (exact) mass is 367 g/mol. The predicted octanol–water partition coefficient (Wildman–Crippen LogP) is 3.36. The fourth-order valence-electron chi connectivity index (χ4n) is 3.09. The van der Waals surface area contributed by atoms with Crippen molar-refractivity contribution in [3.8, 4) is 11.5 Å². The topological polar surface area (TPSA) is 65.4 Å². The summed E-state index contributed by atoms with van der Waals surface area (Å²) in [6, 6.07) is 15.7. The number of rotatable bonds is 8. The van der Waals surface area contributed by atoms with Crippen molar-refractivity contribution in [1.29, 1.82) is 0 Å². The fraction of sp³-hybridized carbons (Fsp3) is 0.333. The van der Waals surface area contributed by atoms with Crippen molar-refractivity contribution in [1.82, 2.24) is 14.9 Å². The molecule has 6 nitrogen and oxygen atoms in total. The molecule has 1 N–H and O–H groups in total. The van der Waals surface area contributed by atoms with Crippen LogP contribution in [-0.2, 0) is 11.2 Å². The number of fused-ring (bicyclic) bond motifs is 1. The van der Waals surface area contributed by atoms with E-state index in [-0.39, 0.29) is 12.5 Å². The van der Waals surface area contributed by atoms with Gasteiger partial charge in [0.25, 0.3) is 5.91 Å². The molecule has 6 heteroatoms. The Bertz CT molecular complexity index is 918. The number of nitrogens with one attached hydrogen (secondary N) is 1. The lowest BCUT2D eigenvalue weighted by atomic mass is 10.3. The van der Waals surface area contributed by atoms with Crippen molar-refractivity contribution >= 4 is 16.9 Å². The number of carbonyl (C=O) groups excluding carboxylic acids is 1. The third-order valence-electron chi connectivity index (χ3n) is 4.28.